The summed E-state index contributed by atoms with van der Waals surface area (Å²) >= 11 is 0. The molecule has 9 heteroatoms. The van der Waals surface area contributed by atoms with Crippen molar-refractivity contribution in [1.29, 1.82) is 0 Å². The Morgan fingerprint density at radius 1 is 0.900 bits per heavy atom. The van der Waals surface area contributed by atoms with Gasteiger partial charge in [0.2, 0.25) is 5.91 Å². The third-order valence-electron chi connectivity index (χ3n) is 5.16. The molecule has 1 amide bonds. The van der Waals surface area contributed by atoms with Crippen LogP contribution in [0.2, 0.25) is 0 Å². The molecule has 0 aliphatic rings. The van der Waals surface area contributed by atoms with Gasteiger partial charge in [-0.1, -0.05) is 0 Å². The fourth-order valence-corrected chi connectivity index (χ4v) is 3.45. The summed E-state index contributed by atoms with van der Waals surface area (Å²) in [5.74, 6) is -3.19. The van der Waals surface area contributed by atoms with Crippen molar-refractivity contribution >= 4 is 39.8 Å². The molecule has 0 aliphatic carbocycles. The highest BCUT2D eigenvalue weighted by Crippen LogP contribution is 2.31. The highest BCUT2D eigenvalue weighted by Gasteiger charge is 2.19. The van der Waals surface area contributed by atoms with Crippen LogP contribution < -0.4 is 15.8 Å². The topological polar surface area (TPSA) is 144 Å². The van der Waals surface area contributed by atoms with E-state index in [1.807, 2.05) is 19.9 Å². The number of nitrogens with zero attached hydrogens (tertiary/aromatic N) is 1. The Morgan fingerprint density at radius 3 is 2.07 bits per heavy atom. The third-order valence-corrected chi connectivity index (χ3v) is 5.16. The van der Waals surface area contributed by atoms with E-state index in [2.05, 4.69) is 0 Å². The van der Waals surface area contributed by atoms with Gasteiger partial charge in [-0.25, -0.2) is 4.79 Å². The summed E-state index contributed by atoms with van der Waals surface area (Å²) in [4.78, 5) is 46.9. The molecule has 0 radical (unpaired) electrons. The highest BCUT2D eigenvalue weighted by atomic mass is 16.4. The van der Waals surface area contributed by atoms with Crippen LogP contribution in [0.3, 0.4) is 0 Å². The first-order valence-electron chi connectivity index (χ1n) is 9.22. The second-order valence-corrected chi connectivity index (χ2v) is 7.11. The molecule has 2 aromatic heterocycles. The van der Waals surface area contributed by atoms with E-state index in [0.29, 0.717) is 27.0 Å². The molecule has 0 saturated carbocycles. The Bertz CT molecular complexity index is 1220. The first-order valence-corrected chi connectivity index (χ1v) is 9.22. The number of furan rings is 1. The molecule has 30 heavy (non-hydrogen) atoms. The second-order valence-electron chi connectivity index (χ2n) is 7.11. The number of aryl methyl sites for hydroxylation is 3. The Balaban J connectivity index is 1.93. The van der Waals surface area contributed by atoms with E-state index in [0.717, 1.165) is 16.7 Å². The minimum Gasteiger partial charge on any atom is -0.548 e. The lowest BCUT2D eigenvalue weighted by Crippen LogP contribution is -2.47. The molecule has 0 saturated heterocycles. The number of carbonyl (C=O) groups excluding carboxylic acids is 3. The van der Waals surface area contributed by atoms with Gasteiger partial charge in [-0.05, 0) is 44.4 Å². The molecule has 3 rings (SSSR count). The lowest BCUT2D eigenvalue weighted by atomic mass is 10.00. The lowest BCUT2D eigenvalue weighted by molar-refractivity contribution is -0.309. The third kappa shape index (κ3) is 4.05. The van der Waals surface area contributed by atoms with Crippen LogP contribution in [0.5, 0.6) is 0 Å². The Hall–Kier alpha value is -3.62. The minimum atomic E-state index is -1.60. The van der Waals surface area contributed by atoms with Crippen molar-refractivity contribution in [1.82, 2.24) is 4.90 Å². The van der Waals surface area contributed by atoms with E-state index in [1.165, 1.54) is 0 Å². The van der Waals surface area contributed by atoms with Crippen molar-refractivity contribution < 1.29 is 33.4 Å². The van der Waals surface area contributed by atoms with Crippen LogP contribution in [0.15, 0.2) is 25.8 Å². The van der Waals surface area contributed by atoms with Crippen LogP contribution in [-0.4, -0.2) is 35.8 Å². The summed E-state index contributed by atoms with van der Waals surface area (Å²) in [6.45, 7) is 3.73. The van der Waals surface area contributed by atoms with Crippen LogP contribution in [0, 0.1) is 20.8 Å². The standard InChI is InChI=1S/C21H21NO8/c1-10-12(3)29-16-7-17-15(6-14(10)16)11(2)13(21(28)30-17)4-5-18(23)22(8-19(24)25)9-20(26)27/h6-7H,4-5,8-9H2,1-3H3,(H,24,25)(H,26,27)/p-2. The van der Waals surface area contributed by atoms with Gasteiger partial charge in [0.05, 0.1) is 25.0 Å². The molecule has 0 N–H and O–H groups in total. The number of amides is 1. The monoisotopic (exact) mass is 413 g/mol. The minimum absolute atomic E-state index is 0.0407. The lowest BCUT2D eigenvalue weighted by Gasteiger charge is -2.23. The molecule has 9 nitrogen and oxygen atoms in total. The van der Waals surface area contributed by atoms with E-state index in [9.17, 15) is 29.4 Å². The average molecular weight is 413 g/mol. The van der Waals surface area contributed by atoms with Gasteiger partial charge in [0, 0.05) is 28.8 Å². The molecule has 0 bridgehead atoms. The predicted octanol–water partition coefficient (Wildman–Crippen LogP) is -0.275. The van der Waals surface area contributed by atoms with Crippen molar-refractivity contribution in [3.63, 3.8) is 0 Å². The average Bonchev–Trinajstić information content (AvgIpc) is 2.92. The molecule has 0 unspecified atom stereocenters. The van der Waals surface area contributed by atoms with Crippen LogP contribution in [0.4, 0.5) is 0 Å². The fraction of sp³-hybridized carbons (Fsp3) is 0.333. The number of benzene rings is 1. The number of carbonyl (C=O) groups is 3. The maximum Gasteiger partial charge on any atom is 0.339 e. The summed E-state index contributed by atoms with van der Waals surface area (Å²) in [5.41, 5.74) is 2.18. The van der Waals surface area contributed by atoms with Crippen molar-refractivity contribution in [2.45, 2.75) is 33.6 Å². The van der Waals surface area contributed by atoms with E-state index in [-0.39, 0.29) is 18.4 Å². The van der Waals surface area contributed by atoms with Crippen molar-refractivity contribution in [2.24, 2.45) is 0 Å². The summed E-state index contributed by atoms with van der Waals surface area (Å²) in [5, 5.41) is 23.1. The van der Waals surface area contributed by atoms with E-state index < -0.39 is 36.6 Å². The van der Waals surface area contributed by atoms with Gasteiger partial charge in [0.15, 0.2) is 0 Å². The summed E-state index contributed by atoms with van der Waals surface area (Å²) in [7, 11) is 0. The van der Waals surface area contributed by atoms with Gasteiger partial charge < -0.3 is 33.5 Å². The fourth-order valence-electron chi connectivity index (χ4n) is 3.45. The van der Waals surface area contributed by atoms with Crippen molar-refractivity contribution in [3.8, 4) is 0 Å². The maximum absolute atomic E-state index is 12.5. The number of aliphatic carboxylic acids is 2. The first-order chi connectivity index (χ1) is 14.1. The van der Waals surface area contributed by atoms with Crippen LogP contribution in [0.25, 0.3) is 21.9 Å². The molecular weight excluding hydrogens is 394 g/mol. The zero-order chi connectivity index (χ0) is 22.2. The number of hydrogen-bond donors (Lipinski definition) is 0. The zero-order valence-electron chi connectivity index (χ0n) is 16.7. The Labute approximate surface area is 170 Å². The van der Waals surface area contributed by atoms with E-state index in [1.54, 1.807) is 13.0 Å². The molecule has 0 fully saturated rings. The Morgan fingerprint density at radius 2 is 1.47 bits per heavy atom. The van der Waals surface area contributed by atoms with Crippen LogP contribution in [0.1, 0.15) is 28.9 Å². The first kappa shape index (κ1) is 21.1. The molecule has 3 aromatic rings. The highest BCUT2D eigenvalue weighted by molar-refractivity contribution is 5.96. The number of carboxylic acids is 2. The normalized spacial score (nSPS) is 11.2. The van der Waals surface area contributed by atoms with Gasteiger partial charge in [-0.15, -0.1) is 0 Å². The summed E-state index contributed by atoms with van der Waals surface area (Å²) < 4.78 is 11.1. The molecule has 1 aromatic carbocycles. The van der Waals surface area contributed by atoms with Crippen molar-refractivity contribution in [3.05, 3.63) is 45.0 Å². The summed E-state index contributed by atoms with van der Waals surface area (Å²) in [6, 6.07) is 3.51. The van der Waals surface area contributed by atoms with Crippen LogP contribution >= 0.6 is 0 Å². The molecule has 0 atom stereocenters. The van der Waals surface area contributed by atoms with Gasteiger partial charge in [-0.2, -0.15) is 0 Å². The molecule has 0 spiro atoms. The SMILES string of the molecule is Cc1oc2cc3oc(=O)c(CCC(=O)N(CC(=O)[O-])CC(=O)[O-])c(C)c3cc2c1C. The number of carboxylic acid groups (broad SMARTS) is 2. The largest absolute Gasteiger partial charge is 0.548 e. The molecule has 158 valence electrons. The van der Waals surface area contributed by atoms with Gasteiger partial charge in [-0.3, -0.25) is 4.79 Å². The smallest absolute Gasteiger partial charge is 0.339 e. The molecule has 0 aliphatic heterocycles. The molecule has 2 heterocycles. The summed E-state index contributed by atoms with van der Waals surface area (Å²) in [6.07, 6.45) is -0.315. The van der Waals surface area contributed by atoms with Gasteiger partial charge >= 0.3 is 5.63 Å². The van der Waals surface area contributed by atoms with E-state index >= 15 is 0 Å². The van der Waals surface area contributed by atoms with Crippen molar-refractivity contribution in [2.75, 3.05) is 13.1 Å². The van der Waals surface area contributed by atoms with Gasteiger partial charge in [0.1, 0.15) is 16.9 Å². The quantitative estimate of drug-likeness (QED) is 0.481. The van der Waals surface area contributed by atoms with E-state index in [4.69, 9.17) is 8.83 Å². The predicted molar refractivity (Wildman–Crippen MR) is 101 cm³/mol. The number of rotatable bonds is 7. The zero-order valence-corrected chi connectivity index (χ0v) is 16.7. The van der Waals surface area contributed by atoms with Crippen LogP contribution in [-0.2, 0) is 20.8 Å². The number of hydrogen-bond acceptors (Lipinski definition) is 8. The molecular formula is C21H19NO8-2. The second kappa shape index (κ2) is 8.02. The Kier molecular flexibility index (Phi) is 5.64. The maximum atomic E-state index is 12.5. The number of fused-ring (bicyclic) bond motifs is 2. The van der Waals surface area contributed by atoms with Gasteiger partial charge in [0.25, 0.3) is 0 Å².